The summed E-state index contributed by atoms with van der Waals surface area (Å²) in [5, 5.41) is 20.9. The number of nitrogens with two attached hydrogens (primary N) is 1. The Hall–Kier alpha value is -7.51. The number of anilines is 3. The molecule has 0 radical (unpaired) electrons. The number of aliphatic hydroxyl groups excluding tert-OH is 1. The summed E-state index contributed by atoms with van der Waals surface area (Å²) in [5.74, 6) is 0.637. The number of nitrogens with one attached hydrogen (secondary N) is 3. The lowest BCUT2D eigenvalue weighted by atomic mass is 10.0. The van der Waals surface area contributed by atoms with Gasteiger partial charge in [0.1, 0.15) is 18.4 Å². The van der Waals surface area contributed by atoms with Gasteiger partial charge in [-0.25, -0.2) is 9.69 Å². The highest BCUT2D eigenvalue weighted by Gasteiger charge is 2.58. The molecule has 2 fully saturated rings. The molecule has 4 heterocycles. The Balaban J connectivity index is 0.856. The minimum atomic E-state index is -1.44. The summed E-state index contributed by atoms with van der Waals surface area (Å²) in [6.45, 7) is 6.33. The lowest BCUT2D eigenvalue weighted by molar-refractivity contribution is -0.127. The first-order valence-corrected chi connectivity index (χ1v) is 24.6. The quantitative estimate of drug-likeness (QED) is 0.0749. The Morgan fingerprint density at radius 3 is 2.15 bits per heavy atom. The fourth-order valence-electron chi connectivity index (χ4n) is 9.84. The molecule has 386 valence electrons. The monoisotopic (exact) mass is 1000 g/mol. The van der Waals surface area contributed by atoms with Crippen molar-refractivity contribution in [2.45, 2.75) is 89.9 Å². The van der Waals surface area contributed by atoms with Gasteiger partial charge in [-0.1, -0.05) is 38.1 Å². The molecule has 1 unspecified atom stereocenters. The lowest BCUT2D eigenvalue weighted by Crippen LogP contribution is -2.50. The van der Waals surface area contributed by atoms with Crippen molar-refractivity contribution in [3.8, 4) is 28.7 Å². The highest BCUT2D eigenvalue weighted by atomic mass is 16.6. The molecule has 1 saturated carbocycles. The first-order chi connectivity index (χ1) is 35.1. The van der Waals surface area contributed by atoms with Crippen LogP contribution in [0, 0.1) is 11.3 Å². The van der Waals surface area contributed by atoms with Crippen molar-refractivity contribution in [2.24, 2.45) is 17.1 Å². The van der Waals surface area contributed by atoms with E-state index < -0.39 is 42.3 Å². The average molecular weight is 1000 g/mol. The van der Waals surface area contributed by atoms with Gasteiger partial charge in [0, 0.05) is 43.5 Å². The van der Waals surface area contributed by atoms with Crippen LogP contribution < -0.4 is 50.3 Å². The van der Waals surface area contributed by atoms with Crippen LogP contribution in [0.2, 0.25) is 0 Å². The molecule has 0 bridgehead atoms. The zero-order chi connectivity index (χ0) is 51.7. The van der Waals surface area contributed by atoms with Crippen LogP contribution in [-0.4, -0.2) is 123 Å². The van der Waals surface area contributed by atoms with Crippen LogP contribution >= 0.6 is 0 Å². The fourth-order valence-corrected chi connectivity index (χ4v) is 9.84. The summed E-state index contributed by atoms with van der Waals surface area (Å²) in [6, 6.07) is 18.6. The van der Waals surface area contributed by atoms with E-state index in [-0.39, 0.29) is 71.8 Å². The zero-order valence-corrected chi connectivity index (χ0v) is 41.9. The maximum atomic E-state index is 14.3. The normalized spacial score (nSPS) is 20.0. The van der Waals surface area contributed by atoms with E-state index >= 15 is 0 Å². The molecule has 1 spiro atoms. The van der Waals surface area contributed by atoms with Gasteiger partial charge in [-0.15, -0.1) is 0 Å². The maximum Gasteiger partial charge on any atom is 0.416 e. The van der Waals surface area contributed by atoms with E-state index in [4.69, 9.17) is 34.2 Å². The van der Waals surface area contributed by atoms with E-state index in [1.54, 1.807) is 60.2 Å². The Kier molecular flexibility index (Phi) is 14.4. The number of nitrogens with zero attached hydrogens (tertiary/aromatic N) is 3. The Morgan fingerprint density at radius 1 is 0.836 bits per heavy atom. The summed E-state index contributed by atoms with van der Waals surface area (Å²) in [7, 11) is 4.61. The number of fused-ring (bicyclic) bond motifs is 4. The number of benzene rings is 4. The number of amides is 5. The van der Waals surface area contributed by atoms with Crippen molar-refractivity contribution in [1.82, 2.24) is 15.1 Å². The van der Waals surface area contributed by atoms with Crippen molar-refractivity contribution in [1.29, 1.82) is 0 Å². The highest BCUT2D eigenvalue weighted by molar-refractivity contribution is 6.06. The second-order valence-corrected chi connectivity index (χ2v) is 19.7. The van der Waals surface area contributed by atoms with Gasteiger partial charge < -0.3 is 65.0 Å². The Labute approximate surface area is 423 Å². The summed E-state index contributed by atoms with van der Waals surface area (Å²) in [5.41, 5.74) is 10.3. The van der Waals surface area contributed by atoms with Gasteiger partial charge in [0.25, 0.3) is 11.8 Å². The molecule has 5 atom stereocenters. The maximum absolute atomic E-state index is 14.3. The number of carbonyl (C=O) groups excluding carboxylic acids is 5. The number of methoxy groups -OCH3 is 3. The largest absolute Gasteiger partial charge is 0.497 e. The first-order valence-electron chi connectivity index (χ1n) is 24.6. The van der Waals surface area contributed by atoms with Gasteiger partial charge >= 0.3 is 6.09 Å². The predicted molar refractivity (Wildman–Crippen MR) is 271 cm³/mol. The van der Waals surface area contributed by atoms with Gasteiger partial charge in [0.2, 0.25) is 11.8 Å². The molecule has 6 N–H and O–H groups in total. The molecular formula is C54H63N7O12. The molecule has 4 aromatic rings. The number of hydrogen-bond donors (Lipinski definition) is 5. The second kappa shape index (κ2) is 20.9. The van der Waals surface area contributed by atoms with Crippen LogP contribution in [-0.2, 0) is 20.9 Å². The van der Waals surface area contributed by atoms with Gasteiger partial charge in [0.05, 0.1) is 75.2 Å². The highest BCUT2D eigenvalue weighted by Crippen LogP contribution is 2.57. The summed E-state index contributed by atoms with van der Waals surface area (Å²) in [4.78, 5) is 72.3. The molecule has 19 nitrogen and oxygen atoms in total. The van der Waals surface area contributed by atoms with Gasteiger partial charge in [0.15, 0.2) is 29.2 Å². The molecular weight excluding hydrogens is 939 g/mol. The van der Waals surface area contributed by atoms with E-state index in [0.717, 1.165) is 34.6 Å². The minimum absolute atomic E-state index is 0.0819. The van der Waals surface area contributed by atoms with E-state index in [9.17, 15) is 29.1 Å². The number of aliphatic hydroxyl groups is 1. The van der Waals surface area contributed by atoms with Crippen LogP contribution in [0.4, 0.5) is 21.9 Å². The van der Waals surface area contributed by atoms with Crippen LogP contribution in [0.5, 0.6) is 28.7 Å². The fraction of sp³-hybridized carbons (Fsp3) is 0.426. The summed E-state index contributed by atoms with van der Waals surface area (Å²) < 4.78 is 35.0. The molecule has 4 aliphatic heterocycles. The first kappa shape index (κ1) is 50.4. The van der Waals surface area contributed by atoms with Crippen molar-refractivity contribution < 1.29 is 57.5 Å². The molecule has 0 aromatic heterocycles. The molecule has 9 rings (SSSR count). The zero-order valence-electron chi connectivity index (χ0n) is 41.9. The molecule has 1 saturated heterocycles. The van der Waals surface area contributed by atoms with Crippen LogP contribution in [0.25, 0.3) is 5.57 Å². The van der Waals surface area contributed by atoms with Crippen molar-refractivity contribution in [2.75, 3.05) is 63.2 Å². The minimum Gasteiger partial charge on any atom is -0.497 e. The number of rotatable bonds is 17. The van der Waals surface area contributed by atoms with Gasteiger partial charge in [-0.2, -0.15) is 0 Å². The molecule has 4 aromatic carbocycles. The standard InChI is InChI=1S/C54H63N7O12/c1-30(2)47(55)49(63)57-31(3)48(62)58-35-12-8-32(9-13-35)28-73-53(67)61-41-24-46(44(70-6)22-39(41)51(65)60-29-54(16-17-54)25-42(60)52(61)66)72-19-7-18-71-45-23-40-38(21-43(45)69-5)50(64)59-27-34(20-36(59)26-56-40)33-10-14-37(68-4)15-11-33/h8-15,21-24,27,30-31,36,42,47,52,56,66H,7,16-20,25-26,28-29,55H2,1-6H3,(H,57,63)(H,58,62)/t31-,36-,42-,47+,52?/m0/s1. The van der Waals surface area contributed by atoms with E-state index in [1.165, 1.54) is 26.4 Å². The van der Waals surface area contributed by atoms with Crippen molar-refractivity contribution in [3.05, 3.63) is 101 Å². The predicted octanol–water partition coefficient (Wildman–Crippen LogP) is 6.14. The smallest absolute Gasteiger partial charge is 0.416 e. The number of ether oxygens (including phenoxy) is 6. The third kappa shape index (κ3) is 10.4. The van der Waals surface area contributed by atoms with E-state index in [2.05, 4.69) is 16.0 Å². The molecule has 19 heteroatoms. The van der Waals surface area contributed by atoms with Crippen LogP contribution in [0.15, 0.2) is 79.0 Å². The summed E-state index contributed by atoms with van der Waals surface area (Å²) >= 11 is 0. The third-order valence-corrected chi connectivity index (χ3v) is 14.4. The Bertz CT molecular complexity index is 2800. The molecule has 5 amide bonds. The second-order valence-electron chi connectivity index (χ2n) is 19.7. The van der Waals surface area contributed by atoms with Crippen molar-refractivity contribution in [3.63, 3.8) is 0 Å². The molecule has 73 heavy (non-hydrogen) atoms. The van der Waals surface area contributed by atoms with Crippen LogP contribution in [0.1, 0.15) is 84.7 Å². The van der Waals surface area contributed by atoms with Crippen molar-refractivity contribution >= 4 is 52.4 Å². The van der Waals surface area contributed by atoms with E-state index in [0.29, 0.717) is 66.4 Å². The van der Waals surface area contributed by atoms with E-state index in [1.807, 2.05) is 44.3 Å². The number of hydrogen-bond acceptors (Lipinski definition) is 14. The topological polar surface area (TPSA) is 233 Å². The van der Waals surface area contributed by atoms with Gasteiger partial charge in [-0.05, 0) is 97.0 Å². The Morgan fingerprint density at radius 2 is 1.51 bits per heavy atom. The average Bonchev–Trinajstić information content (AvgIpc) is 3.90. The number of carbonyl (C=O) groups is 5. The van der Waals surface area contributed by atoms with Gasteiger partial charge in [-0.3, -0.25) is 19.2 Å². The molecule has 1 aliphatic carbocycles. The SMILES string of the molecule is COc1ccc(C2=CN3C(=O)c4cc(OC)c(OCCCOc5cc6c(cc5OC)C(=O)N5CC7(CC7)C[C@H]5C(O)N6C(=O)OCc5ccc(NC(=O)[C@H](C)NC(=O)[C@H](N)C(C)C)cc5)cc4NC[C@@H]3C2)cc1. The summed E-state index contributed by atoms with van der Waals surface area (Å²) in [6.07, 6.45) is 3.05. The van der Waals surface area contributed by atoms with Crippen LogP contribution in [0.3, 0.4) is 0 Å². The third-order valence-electron chi connectivity index (χ3n) is 14.4. The molecule has 5 aliphatic rings. The lowest BCUT2D eigenvalue weighted by Gasteiger charge is -2.31.